The topological polar surface area (TPSA) is 19.4 Å². The zero-order valence-electron chi connectivity index (χ0n) is 81.7. The molecule has 0 bridgehead atoms. The smallest absolute Gasteiger partial charge is 0.201 e. The van der Waals surface area contributed by atoms with Gasteiger partial charge in [-0.05, 0) is 367 Å². The largest absolute Gasteiger partial charge is 0.213 e. The van der Waals surface area contributed by atoms with Crippen LogP contribution in [0.25, 0.3) is 134 Å². The number of benzene rings is 12. The lowest BCUT2D eigenvalue weighted by atomic mass is 9.88. The van der Waals surface area contributed by atoms with Gasteiger partial charge in [-0.25, -0.2) is 22.8 Å². The summed E-state index contributed by atoms with van der Waals surface area (Å²) in [5.74, 6) is 0. The lowest BCUT2D eigenvalue weighted by Crippen LogP contribution is -2.31. The van der Waals surface area contributed by atoms with Crippen LogP contribution in [-0.4, -0.2) is 0 Å². The van der Waals surface area contributed by atoms with Crippen molar-refractivity contribution in [1.29, 1.82) is 0 Å². The molecule has 5 aromatic heterocycles. The summed E-state index contributed by atoms with van der Waals surface area (Å²) in [6.45, 7) is 48.4. The van der Waals surface area contributed by atoms with Gasteiger partial charge in [0.15, 0.2) is 31.0 Å². The highest BCUT2D eigenvalue weighted by atomic mass is 14.9. The molecule has 129 heavy (non-hydrogen) atoms. The van der Waals surface area contributed by atoms with Gasteiger partial charge in [0.25, 0.3) is 0 Å². The Morgan fingerprint density at radius 3 is 0.845 bits per heavy atom. The second-order valence-electron chi connectivity index (χ2n) is 36.2. The minimum atomic E-state index is 1.24. The Labute approximate surface area is 771 Å². The van der Waals surface area contributed by atoms with Crippen LogP contribution in [-0.2, 0) is 35.2 Å². The van der Waals surface area contributed by atoms with Crippen molar-refractivity contribution in [1.82, 2.24) is 0 Å². The second-order valence-corrected chi connectivity index (χ2v) is 36.2. The van der Waals surface area contributed by atoms with E-state index in [-0.39, 0.29) is 0 Å². The van der Waals surface area contributed by atoms with Crippen molar-refractivity contribution in [2.24, 2.45) is 35.2 Å². The van der Waals surface area contributed by atoms with Crippen LogP contribution in [0.5, 0.6) is 0 Å². The maximum absolute atomic E-state index is 2.37. The van der Waals surface area contributed by atoms with Gasteiger partial charge in [0, 0.05) is 86.5 Å². The van der Waals surface area contributed by atoms with Crippen LogP contribution < -0.4 is 22.8 Å². The minimum absolute atomic E-state index is 1.24. The zero-order valence-corrected chi connectivity index (χ0v) is 81.7. The molecule has 5 nitrogen and oxygen atoms in total. The molecule has 0 atom stereocenters. The van der Waals surface area contributed by atoms with E-state index < -0.39 is 0 Å². The van der Waals surface area contributed by atoms with E-state index in [0.717, 1.165) is 0 Å². The molecule has 17 rings (SSSR count). The summed E-state index contributed by atoms with van der Waals surface area (Å²) >= 11 is 0. The Morgan fingerprint density at radius 1 is 0.140 bits per heavy atom. The van der Waals surface area contributed by atoms with Gasteiger partial charge in [-0.3, -0.25) is 0 Å². The van der Waals surface area contributed by atoms with E-state index in [2.05, 4.69) is 520 Å². The van der Waals surface area contributed by atoms with E-state index in [4.69, 9.17) is 0 Å². The van der Waals surface area contributed by atoms with Gasteiger partial charge in [-0.15, -0.1) is 0 Å². The standard InChI is InChI=1S/2C29H30N.C23H26N.C22H24N.C21H22N/c1-19-11-7-8-14-24(19)25-15-10-16-26(23(25)5)28-17-27(22(4)18-30(28)6)29-20(2)12-9-13-21(29)3;1-19-14-15-25(21(3)16-19)28-17-29(30(6)18-22(28)4)27-13-9-12-26(23(27)5)24-11-8-7-10-20(24)2;1-15-9-7-8-10-20(15)23-16(2)11-12-21(19(23)5)22-13-17(3)18(4)14-24(22)6;1-15-10-13-21(23(5)14-15)20-12-11-17(3)22(18(20)4)19-9-7-6-8-16(19)2;1-15-9-5-6-10-18(15)21-16(2)12-13-19(17(21)3)20-11-7-8-14-22(20)4/h2*7-18H,1-6H3;7-14H,1-6H3;6-14H,1-5H3;5-14H,1-4H3/q5*+1. The third-order valence-corrected chi connectivity index (χ3v) is 26.6. The van der Waals surface area contributed by atoms with Crippen LogP contribution in [0.1, 0.15) is 122 Å². The Kier molecular flexibility index (Phi) is 29.3. The third kappa shape index (κ3) is 20.2. The highest BCUT2D eigenvalue weighted by Crippen LogP contribution is 2.42. The van der Waals surface area contributed by atoms with Crippen molar-refractivity contribution in [3.05, 3.63) is 432 Å². The normalized spacial score (nSPS) is 10.9. The van der Waals surface area contributed by atoms with Crippen molar-refractivity contribution in [2.45, 2.75) is 152 Å². The summed E-state index contributed by atoms with van der Waals surface area (Å²) in [7, 11) is 10.6. The monoisotopic (exact) mass is 1690 g/mol. The van der Waals surface area contributed by atoms with Crippen LogP contribution in [0.15, 0.2) is 310 Å². The van der Waals surface area contributed by atoms with E-state index in [1.165, 1.54) is 257 Å². The number of hydrogen-bond donors (Lipinski definition) is 0. The first-order valence-electron chi connectivity index (χ1n) is 45.6. The molecule has 5 heterocycles. The Bertz CT molecular complexity index is 7040. The quantitative estimate of drug-likeness (QED) is 0.109. The first-order valence-corrected chi connectivity index (χ1v) is 45.6. The maximum Gasteiger partial charge on any atom is 0.213 e. The molecule has 0 aliphatic heterocycles. The van der Waals surface area contributed by atoms with E-state index in [0.29, 0.717) is 0 Å². The Hall–Kier alpha value is -13.6. The molecule has 17 aromatic rings. The fraction of sp³-hybridized carbons (Fsp3) is 0.218. The van der Waals surface area contributed by atoms with Crippen LogP contribution in [0.3, 0.4) is 0 Å². The van der Waals surface area contributed by atoms with E-state index in [1.54, 1.807) is 0 Å². The lowest BCUT2D eigenvalue weighted by Gasteiger charge is -2.16. The second kappa shape index (κ2) is 40.6. The van der Waals surface area contributed by atoms with Gasteiger partial charge < -0.3 is 0 Å². The molecule has 5 heteroatoms. The average molecular weight is 1690 g/mol. The summed E-state index contributed by atoms with van der Waals surface area (Å²) in [4.78, 5) is 0. The first kappa shape index (κ1) is 93.0. The van der Waals surface area contributed by atoms with Gasteiger partial charge in [0.1, 0.15) is 35.2 Å². The Balaban J connectivity index is 0.000000138. The zero-order chi connectivity index (χ0) is 92.5. The number of aromatic nitrogens is 5. The first-order chi connectivity index (χ1) is 61.7. The molecular formula is C124H132N5+5. The average Bonchev–Trinajstić information content (AvgIpc) is 0.793. The van der Waals surface area contributed by atoms with E-state index in [1.807, 2.05) is 0 Å². The van der Waals surface area contributed by atoms with Crippen molar-refractivity contribution < 1.29 is 22.8 Å². The van der Waals surface area contributed by atoms with Gasteiger partial charge in [-0.1, -0.05) is 206 Å². The van der Waals surface area contributed by atoms with Gasteiger partial charge in [-0.2, -0.15) is 0 Å². The van der Waals surface area contributed by atoms with Gasteiger partial charge in [0.2, 0.25) is 28.5 Å². The summed E-state index contributed by atoms with van der Waals surface area (Å²) in [5.41, 5.74) is 60.4. The molecule has 0 radical (unpaired) electrons. The summed E-state index contributed by atoms with van der Waals surface area (Å²) in [6.07, 6.45) is 11.0. The number of nitrogens with zero attached hydrogens (tertiary/aromatic N) is 5. The predicted molar refractivity (Wildman–Crippen MR) is 548 cm³/mol. The highest BCUT2D eigenvalue weighted by molar-refractivity contribution is 5.86. The Morgan fingerprint density at radius 2 is 0.434 bits per heavy atom. The number of rotatable bonds is 12. The van der Waals surface area contributed by atoms with Crippen molar-refractivity contribution in [3.8, 4) is 134 Å². The molecule has 0 saturated carbocycles. The number of aryl methyl sites for hydroxylation is 22. The molecule has 0 aliphatic carbocycles. The summed E-state index contributed by atoms with van der Waals surface area (Å²) < 4.78 is 11.2. The molecular weight excluding hydrogens is 1560 g/mol. The molecule has 0 unspecified atom stereocenters. The molecule has 648 valence electrons. The van der Waals surface area contributed by atoms with Crippen LogP contribution >= 0.6 is 0 Å². The molecule has 0 saturated heterocycles. The SMILES string of the molecule is Cc1cc(-c2ccc(C)c(-c3ccccc3C)c2C)[n+](C)cc1C.Cc1ccc(-c2cc(-c3cccc(-c4ccccc4C)c3C)[n+](C)cc2C)c(C)c1.Cc1ccc(-c2ccc(C)c(-c3ccccc3C)c2C)[n+](C)c1.Cc1ccccc1-c1c(C)ccc(-c2cccc[n+]2C)c1C.Cc1ccccc1-c1cccc(-c2cc(-c3c(C)cccc3C)c(C)c[n+]2C)c1C. The van der Waals surface area contributed by atoms with Gasteiger partial charge in [0.05, 0.1) is 0 Å². The predicted octanol–water partition coefficient (Wildman–Crippen LogP) is 29.3. The molecule has 0 aliphatic rings. The van der Waals surface area contributed by atoms with E-state index >= 15 is 0 Å². The molecule has 12 aromatic carbocycles. The molecule has 0 amide bonds. The lowest BCUT2D eigenvalue weighted by molar-refractivity contribution is -0.660. The van der Waals surface area contributed by atoms with E-state index in [9.17, 15) is 0 Å². The van der Waals surface area contributed by atoms with Crippen LogP contribution in [0.4, 0.5) is 0 Å². The fourth-order valence-electron chi connectivity index (χ4n) is 19.3. The van der Waals surface area contributed by atoms with Crippen LogP contribution in [0, 0.1) is 152 Å². The molecule has 0 spiro atoms. The third-order valence-electron chi connectivity index (χ3n) is 26.6. The molecule has 0 fully saturated rings. The fourth-order valence-corrected chi connectivity index (χ4v) is 19.3. The summed E-state index contributed by atoms with van der Waals surface area (Å²) in [5, 5.41) is 0. The van der Waals surface area contributed by atoms with Gasteiger partial charge >= 0.3 is 0 Å². The number of pyridine rings is 5. The summed E-state index contributed by atoms with van der Waals surface area (Å²) in [6, 6.07) is 101. The number of hydrogen-bond acceptors (Lipinski definition) is 0. The van der Waals surface area contributed by atoms with Crippen molar-refractivity contribution in [2.75, 3.05) is 0 Å². The van der Waals surface area contributed by atoms with Crippen molar-refractivity contribution in [3.63, 3.8) is 0 Å². The molecule has 0 N–H and O–H groups in total. The minimum Gasteiger partial charge on any atom is -0.201 e. The van der Waals surface area contributed by atoms with Crippen molar-refractivity contribution >= 4 is 0 Å². The highest BCUT2D eigenvalue weighted by Gasteiger charge is 2.26. The van der Waals surface area contributed by atoms with Crippen LogP contribution in [0.2, 0.25) is 0 Å². The maximum atomic E-state index is 2.37.